The van der Waals surface area contributed by atoms with Gasteiger partial charge in [-0.1, -0.05) is 18.2 Å². The second kappa shape index (κ2) is 4.66. The zero-order chi connectivity index (χ0) is 14.1. The van der Waals surface area contributed by atoms with Gasteiger partial charge in [0.2, 0.25) is 0 Å². The summed E-state index contributed by atoms with van der Waals surface area (Å²) in [5.74, 6) is -0.891. The maximum Gasteiger partial charge on any atom is 0.337 e. The van der Waals surface area contributed by atoms with E-state index in [4.69, 9.17) is 0 Å². The minimum Gasteiger partial charge on any atom is -0.508 e. The van der Waals surface area contributed by atoms with Crippen LogP contribution in [0.1, 0.15) is 10.4 Å². The Kier molecular flexibility index (Phi) is 2.84. The molecule has 0 aliphatic carbocycles. The van der Waals surface area contributed by atoms with Gasteiger partial charge in [-0.2, -0.15) is 0 Å². The van der Waals surface area contributed by atoms with E-state index in [0.29, 0.717) is 11.3 Å². The molecule has 98 valence electrons. The monoisotopic (exact) mass is 265 g/mol. The summed E-state index contributed by atoms with van der Waals surface area (Å²) < 4.78 is 0. The Bertz CT molecular complexity index is 794. The lowest BCUT2D eigenvalue weighted by Gasteiger charge is -2.08. The first kappa shape index (κ1) is 12.2. The highest BCUT2D eigenvalue weighted by Gasteiger charge is 2.14. The number of para-hydroxylation sites is 1. The number of hydrogen-bond donors (Lipinski definition) is 2. The number of carboxylic acid groups (broad SMARTS) is 1. The lowest BCUT2D eigenvalue weighted by molar-refractivity contribution is 0.0697. The van der Waals surface area contributed by atoms with E-state index in [0.717, 1.165) is 10.9 Å². The molecule has 2 aromatic carbocycles. The van der Waals surface area contributed by atoms with Crippen LogP contribution < -0.4 is 0 Å². The van der Waals surface area contributed by atoms with Crippen LogP contribution in [0.3, 0.4) is 0 Å². The first-order valence-corrected chi connectivity index (χ1v) is 6.07. The average Bonchev–Trinajstić information content (AvgIpc) is 2.46. The number of phenolic OH excluding ortho intramolecular Hbond substituents is 1. The van der Waals surface area contributed by atoms with E-state index < -0.39 is 5.97 Å². The molecule has 1 aromatic heterocycles. The van der Waals surface area contributed by atoms with Gasteiger partial charge in [-0.05, 0) is 36.4 Å². The van der Waals surface area contributed by atoms with Crippen LogP contribution in [-0.4, -0.2) is 21.2 Å². The number of aromatic nitrogens is 1. The van der Waals surface area contributed by atoms with Crippen LogP contribution in [0.25, 0.3) is 22.2 Å². The molecular formula is C16H11NO3. The Hall–Kier alpha value is -2.88. The predicted octanol–water partition coefficient (Wildman–Crippen LogP) is 3.31. The topological polar surface area (TPSA) is 70.4 Å². The average molecular weight is 265 g/mol. The molecule has 0 unspecified atom stereocenters. The molecule has 0 spiro atoms. The second-order valence-electron chi connectivity index (χ2n) is 4.43. The van der Waals surface area contributed by atoms with Crippen LogP contribution in [0.5, 0.6) is 5.75 Å². The van der Waals surface area contributed by atoms with Crippen molar-refractivity contribution >= 4 is 16.9 Å². The zero-order valence-corrected chi connectivity index (χ0v) is 10.4. The molecule has 0 aliphatic rings. The van der Waals surface area contributed by atoms with Gasteiger partial charge < -0.3 is 10.2 Å². The van der Waals surface area contributed by atoms with Gasteiger partial charge in [0.1, 0.15) is 5.75 Å². The van der Waals surface area contributed by atoms with Crippen molar-refractivity contribution in [3.8, 4) is 17.0 Å². The Morgan fingerprint density at radius 1 is 1.00 bits per heavy atom. The summed E-state index contributed by atoms with van der Waals surface area (Å²) in [4.78, 5) is 15.9. The third kappa shape index (κ3) is 2.07. The summed E-state index contributed by atoms with van der Waals surface area (Å²) in [6.45, 7) is 0. The fourth-order valence-corrected chi connectivity index (χ4v) is 2.12. The van der Waals surface area contributed by atoms with Crippen molar-refractivity contribution in [2.75, 3.05) is 0 Å². The maximum atomic E-state index is 11.4. The van der Waals surface area contributed by atoms with E-state index in [9.17, 15) is 15.0 Å². The third-order valence-electron chi connectivity index (χ3n) is 3.10. The van der Waals surface area contributed by atoms with Gasteiger partial charge >= 0.3 is 5.97 Å². The first-order valence-electron chi connectivity index (χ1n) is 6.07. The van der Waals surface area contributed by atoms with E-state index >= 15 is 0 Å². The van der Waals surface area contributed by atoms with Crippen molar-refractivity contribution in [1.82, 2.24) is 4.98 Å². The summed E-state index contributed by atoms with van der Waals surface area (Å²) in [5.41, 5.74) is 1.94. The number of fused-ring (bicyclic) bond motifs is 1. The number of nitrogens with zero attached hydrogens (tertiary/aromatic N) is 1. The molecule has 0 aliphatic heterocycles. The smallest absolute Gasteiger partial charge is 0.337 e. The van der Waals surface area contributed by atoms with Crippen LogP contribution >= 0.6 is 0 Å². The number of aromatic carboxylic acids is 1. The predicted molar refractivity (Wildman–Crippen MR) is 75.8 cm³/mol. The fourth-order valence-electron chi connectivity index (χ4n) is 2.12. The summed E-state index contributed by atoms with van der Waals surface area (Å²) >= 11 is 0. The summed E-state index contributed by atoms with van der Waals surface area (Å²) in [5, 5.41) is 19.5. The summed E-state index contributed by atoms with van der Waals surface area (Å²) in [6, 6.07) is 15.3. The van der Waals surface area contributed by atoms with Gasteiger partial charge in [0.25, 0.3) is 0 Å². The summed E-state index contributed by atoms with van der Waals surface area (Å²) in [7, 11) is 0. The molecule has 3 rings (SSSR count). The Morgan fingerprint density at radius 2 is 1.70 bits per heavy atom. The van der Waals surface area contributed by atoms with Crippen LogP contribution in [-0.2, 0) is 0 Å². The van der Waals surface area contributed by atoms with Gasteiger partial charge in [0, 0.05) is 10.9 Å². The Balaban J connectivity index is 2.29. The minimum atomic E-state index is -1.02. The van der Waals surface area contributed by atoms with Gasteiger partial charge in [0.15, 0.2) is 0 Å². The molecule has 0 atom stereocenters. The van der Waals surface area contributed by atoms with Crippen LogP contribution in [0.2, 0.25) is 0 Å². The number of carbonyl (C=O) groups is 1. The largest absolute Gasteiger partial charge is 0.508 e. The second-order valence-corrected chi connectivity index (χ2v) is 4.43. The summed E-state index contributed by atoms with van der Waals surface area (Å²) in [6.07, 6.45) is 0. The molecule has 0 amide bonds. The number of benzene rings is 2. The number of aromatic hydroxyl groups is 1. The van der Waals surface area contributed by atoms with Gasteiger partial charge in [-0.25, -0.2) is 9.78 Å². The van der Waals surface area contributed by atoms with Gasteiger partial charge in [0.05, 0.1) is 16.8 Å². The SMILES string of the molecule is O=C(O)c1cc2ccccc2nc1-c1ccc(O)cc1. The number of pyridine rings is 1. The van der Waals surface area contributed by atoms with Crippen LogP contribution in [0, 0.1) is 0 Å². The van der Waals surface area contributed by atoms with Crippen molar-refractivity contribution < 1.29 is 15.0 Å². The number of hydrogen-bond acceptors (Lipinski definition) is 3. The van der Waals surface area contributed by atoms with E-state index in [1.165, 1.54) is 12.1 Å². The van der Waals surface area contributed by atoms with Crippen molar-refractivity contribution in [2.45, 2.75) is 0 Å². The third-order valence-corrected chi connectivity index (χ3v) is 3.10. The van der Waals surface area contributed by atoms with Crippen molar-refractivity contribution in [2.24, 2.45) is 0 Å². The van der Waals surface area contributed by atoms with Crippen LogP contribution in [0.15, 0.2) is 54.6 Å². The van der Waals surface area contributed by atoms with E-state index in [1.807, 2.05) is 24.3 Å². The lowest BCUT2D eigenvalue weighted by Crippen LogP contribution is -2.02. The highest BCUT2D eigenvalue weighted by molar-refractivity contribution is 5.99. The van der Waals surface area contributed by atoms with Gasteiger partial charge in [-0.15, -0.1) is 0 Å². The number of rotatable bonds is 2. The molecule has 4 heteroatoms. The lowest BCUT2D eigenvalue weighted by atomic mass is 10.0. The zero-order valence-electron chi connectivity index (χ0n) is 10.4. The van der Waals surface area contributed by atoms with Crippen molar-refractivity contribution in [1.29, 1.82) is 0 Å². The molecule has 4 nitrogen and oxygen atoms in total. The highest BCUT2D eigenvalue weighted by atomic mass is 16.4. The Morgan fingerprint density at radius 3 is 2.40 bits per heavy atom. The van der Waals surface area contributed by atoms with Crippen molar-refractivity contribution in [3.05, 3.63) is 60.2 Å². The maximum absolute atomic E-state index is 11.4. The molecule has 0 fully saturated rings. The number of phenols is 1. The fraction of sp³-hybridized carbons (Fsp3) is 0. The molecule has 0 radical (unpaired) electrons. The van der Waals surface area contributed by atoms with Crippen molar-refractivity contribution in [3.63, 3.8) is 0 Å². The Labute approximate surface area is 115 Å². The normalized spacial score (nSPS) is 10.6. The first-order chi connectivity index (χ1) is 9.65. The molecule has 0 saturated heterocycles. The van der Waals surface area contributed by atoms with E-state index in [-0.39, 0.29) is 11.3 Å². The molecule has 1 heterocycles. The molecule has 20 heavy (non-hydrogen) atoms. The van der Waals surface area contributed by atoms with Crippen LogP contribution in [0.4, 0.5) is 0 Å². The highest BCUT2D eigenvalue weighted by Crippen LogP contribution is 2.27. The van der Waals surface area contributed by atoms with Gasteiger partial charge in [-0.3, -0.25) is 0 Å². The molecule has 0 saturated carbocycles. The van der Waals surface area contributed by atoms with E-state index in [2.05, 4.69) is 4.98 Å². The minimum absolute atomic E-state index is 0.131. The van der Waals surface area contributed by atoms with E-state index in [1.54, 1.807) is 18.2 Å². The molecule has 3 aromatic rings. The molecular weight excluding hydrogens is 254 g/mol. The molecule has 2 N–H and O–H groups in total. The molecule has 0 bridgehead atoms. The number of carboxylic acids is 1. The standard InChI is InChI=1S/C16H11NO3/c18-12-7-5-10(6-8-12)15-13(16(19)20)9-11-3-1-2-4-14(11)17-15/h1-9,18H,(H,19,20). The quantitative estimate of drug-likeness (QED) is 0.745.